The van der Waals surface area contributed by atoms with Crippen molar-refractivity contribution in [2.45, 2.75) is 46.5 Å². The van der Waals surface area contributed by atoms with Gasteiger partial charge in [-0.2, -0.15) is 0 Å². The second-order valence-corrected chi connectivity index (χ2v) is 7.03. The van der Waals surface area contributed by atoms with Crippen molar-refractivity contribution >= 4 is 11.7 Å². The fourth-order valence-corrected chi connectivity index (χ4v) is 2.60. The minimum Gasteiger partial charge on any atom is -0.373 e. The summed E-state index contributed by atoms with van der Waals surface area (Å²) in [4.78, 5) is 19.2. The number of nitrogens with zero attached hydrogens (tertiary/aromatic N) is 2. The van der Waals surface area contributed by atoms with Crippen LogP contribution in [-0.4, -0.2) is 35.9 Å². The number of pyridine rings is 1. The van der Waals surface area contributed by atoms with E-state index < -0.39 is 0 Å². The van der Waals surface area contributed by atoms with Gasteiger partial charge in [0.1, 0.15) is 5.82 Å². The highest BCUT2D eigenvalue weighted by atomic mass is 16.2. The summed E-state index contributed by atoms with van der Waals surface area (Å²) in [5.74, 6) is 1.21. The Morgan fingerprint density at radius 2 is 1.90 bits per heavy atom. The number of carbonyl (C=O) groups excluding carboxylic acids is 1. The summed E-state index contributed by atoms with van der Waals surface area (Å²) < 4.78 is 0. The third kappa shape index (κ3) is 3.74. The van der Waals surface area contributed by atoms with Crippen LogP contribution in [0.2, 0.25) is 0 Å². The van der Waals surface area contributed by atoms with Crippen LogP contribution in [0.15, 0.2) is 12.1 Å². The molecule has 0 bridgehead atoms. The van der Waals surface area contributed by atoms with Crippen LogP contribution in [-0.2, 0) is 0 Å². The van der Waals surface area contributed by atoms with Gasteiger partial charge in [-0.3, -0.25) is 4.79 Å². The number of hydrogen-bond acceptors (Lipinski definition) is 3. The maximum absolute atomic E-state index is 12.7. The molecular weight excluding hydrogens is 262 g/mol. The van der Waals surface area contributed by atoms with Crippen molar-refractivity contribution < 1.29 is 4.79 Å². The van der Waals surface area contributed by atoms with Gasteiger partial charge in [0, 0.05) is 31.4 Å². The molecule has 116 valence electrons. The van der Waals surface area contributed by atoms with E-state index in [1.54, 1.807) is 0 Å². The molecule has 4 heteroatoms. The summed E-state index contributed by atoms with van der Waals surface area (Å²) >= 11 is 0. The van der Waals surface area contributed by atoms with Gasteiger partial charge in [0.2, 0.25) is 0 Å². The molecule has 1 aromatic heterocycles. The maximum atomic E-state index is 12.7. The Bertz CT molecular complexity index is 513. The first kappa shape index (κ1) is 15.8. The molecule has 0 saturated carbocycles. The molecule has 0 atom stereocenters. The van der Waals surface area contributed by atoms with Crippen LogP contribution < -0.4 is 5.32 Å². The standard InChI is InChI=1S/C17H27N3O/c1-12(2)14-10-13(11-15(18-5)19-14)16(21)20-8-6-17(3,4)7-9-20/h10-12H,6-9H2,1-5H3,(H,18,19). The number of rotatable bonds is 3. The number of piperidine rings is 1. The quantitative estimate of drug-likeness (QED) is 0.926. The summed E-state index contributed by atoms with van der Waals surface area (Å²) in [5, 5.41) is 3.05. The van der Waals surface area contributed by atoms with E-state index in [0.29, 0.717) is 11.3 Å². The SMILES string of the molecule is CNc1cc(C(=O)N2CCC(C)(C)CC2)cc(C(C)C)n1. The topological polar surface area (TPSA) is 45.2 Å². The Kier molecular flexibility index (Phi) is 4.55. The zero-order valence-electron chi connectivity index (χ0n) is 13.9. The largest absolute Gasteiger partial charge is 0.373 e. The second kappa shape index (κ2) is 6.04. The molecule has 2 rings (SSSR count). The lowest BCUT2D eigenvalue weighted by molar-refractivity contribution is 0.0630. The average molecular weight is 289 g/mol. The van der Waals surface area contributed by atoms with E-state index in [-0.39, 0.29) is 5.91 Å². The minimum absolute atomic E-state index is 0.131. The number of anilines is 1. The van der Waals surface area contributed by atoms with E-state index in [9.17, 15) is 4.79 Å². The lowest BCUT2D eigenvalue weighted by Crippen LogP contribution is -2.41. The number of nitrogens with one attached hydrogen (secondary N) is 1. The Morgan fingerprint density at radius 3 is 2.43 bits per heavy atom. The molecule has 1 aliphatic rings. The molecule has 0 unspecified atom stereocenters. The maximum Gasteiger partial charge on any atom is 0.254 e. The van der Waals surface area contributed by atoms with Gasteiger partial charge in [0.05, 0.1) is 0 Å². The van der Waals surface area contributed by atoms with Gasteiger partial charge in [-0.15, -0.1) is 0 Å². The Labute approximate surface area is 127 Å². The molecule has 1 saturated heterocycles. The first-order valence-corrected chi connectivity index (χ1v) is 7.81. The van der Waals surface area contributed by atoms with E-state index in [1.807, 2.05) is 24.1 Å². The van der Waals surface area contributed by atoms with Crippen molar-refractivity contribution in [2.24, 2.45) is 5.41 Å². The third-order valence-electron chi connectivity index (χ3n) is 4.34. The van der Waals surface area contributed by atoms with E-state index in [2.05, 4.69) is 38.0 Å². The van der Waals surface area contributed by atoms with Crippen LogP contribution in [0.5, 0.6) is 0 Å². The molecular formula is C17H27N3O. The van der Waals surface area contributed by atoms with Crippen LogP contribution in [0.1, 0.15) is 62.5 Å². The van der Waals surface area contributed by atoms with Crippen molar-refractivity contribution in [1.82, 2.24) is 9.88 Å². The van der Waals surface area contributed by atoms with Gasteiger partial charge in [-0.1, -0.05) is 27.7 Å². The third-order valence-corrected chi connectivity index (χ3v) is 4.34. The molecule has 1 aliphatic heterocycles. The van der Waals surface area contributed by atoms with Crippen molar-refractivity contribution in [3.8, 4) is 0 Å². The number of aromatic nitrogens is 1. The summed E-state index contributed by atoms with van der Waals surface area (Å²) in [6.07, 6.45) is 2.14. The molecule has 2 heterocycles. The molecule has 21 heavy (non-hydrogen) atoms. The van der Waals surface area contributed by atoms with E-state index in [1.165, 1.54) is 0 Å². The monoisotopic (exact) mass is 289 g/mol. The van der Waals surface area contributed by atoms with Crippen LogP contribution in [0.4, 0.5) is 5.82 Å². The van der Waals surface area contributed by atoms with Crippen molar-refractivity contribution in [3.63, 3.8) is 0 Å². The van der Waals surface area contributed by atoms with Crippen molar-refractivity contribution in [2.75, 3.05) is 25.5 Å². The van der Waals surface area contributed by atoms with E-state index in [0.717, 1.165) is 43.0 Å². The molecule has 1 amide bonds. The Morgan fingerprint density at radius 1 is 1.29 bits per heavy atom. The van der Waals surface area contributed by atoms with Gasteiger partial charge < -0.3 is 10.2 Å². The summed E-state index contributed by atoms with van der Waals surface area (Å²) in [6.45, 7) is 10.4. The lowest BCUT2D eigenvalue weighted by Gasteiger charge is -2.37. The normalized spacial score (nSPS) is 17.9. The highest BCUT2D eigenvalue weighted by Crippen LogP contribution is 2.30. The molecule has 0 spiro atoms. The van der Waals surface area contributed by atoms with Crippen LogP contribution in [0.3, 0.4) is 0 Å². The first-order valence-electron chi connectivity index (χ1n) is 7.81. The van der Waals surface area contributed by atoms with Crippen LogP contribution >= 0.6 is 0 Å². The molecule has 1 aromatic rings. The fraction of sp³-hybridized carbons (Fsp3) is 0.647. The average Bonchev–Trinajstić information content (AvgIpc) is 2.46. The molecule has 0 aromatic carbocycles. The van der Waals surface area contributed by atoms with Gasteiger partial charge in [-0.25, -0.2) is 4.98 Å². The van der Waals surface area contributed by atoms with Crippen LogP contribution in [0.25, 0.3) is 0 Å². The molecule has 4 nitrogen and oxygen atoms in total. The van der Waals surface area contributed by atoms with Crippen LogP contribution in [0, 0.1) is 5.41 Å². The number of hydrogen-bond donors (Lipinski definition) is 1. The minimum atomic E-state index is 0.131. The highest BCUT2D eigenvalue weighted by Gasteiger charge is 2.28. The predicted molar refractivity (Wildman–Crippen MR) is 86.8 cm³/mol. The van der Waals surface area contributed by atoms with Gasteiger partial charge in [0.15, 0.2) is 0 Å². The number of amides is 1. The number of carbonyl (C=O) groups is 1. The lowest BCUT2D eigenvalue weighted by atomic mass is 9.82. The van der Waals surface area contributed by atoms with Gasteiger partial charge in [-0.05, 0) is 36.3 Å². The zero-order chi connectivity index (χ0) is 15.6. The van der Waals surface area contributed by atoms with Crippen molar-refractivity contribution in [1.29, 1.82) is 0 Å². The number of likely N-dealkylation sites (tertiary alicyclic amines) is 1. The smallest absolute Gasteiger partial charge is 0.254 e. The summed E-state index contributed by atoms with van der Waals surface area (Å²) in [5.41, 5.74) is 2.06. The predicted octanol–water partition coefficient (Wildman–Crippen LogP) is 3.51. The van der Waals surface area contributed by atoms with Gasteiger partial charge >= 0.3 is 0 Å². The van der Waals surface area contributed by atoms with E-state index in [4.69, 9.17) is 0 Å². The molecule has 0 radical (unpaired) electrons. The molecule has 1 fully saturated rings. The molecule has 0 aliphatic carbocycles. The first-order chi connectivity index (χ1) is 9.82. The fourth-order valence-electron chi connectivity index (χ4n) is 2.60. The summed E-state index contributed by atoms with van der Waals surface area (Å²) in [6, 6.07) is 3.79. The zero-order valence-corrected chi connectivity index (χ0v) is 13.9. The second-order valence-electron chi connectivity index (χ2n) is 7.03. The van der Waals surface area contributed by atoms with Gasteiger partial charge in [0.25, 0.3) is 5.91 Å². The van der Waals surface area contributed by atoms with Crippen molar-refractivity contribution in [3.05, 3.63) is 23.4 Å². The highest BCUT2D eigenvalue weighted by molar-refractivity contribution is 5.95. The van der Waals surface area contributed by atoms with E-state index >= 15 is 0 Å². The summed E-state index contributed by atoms with van der Waals surface area (Å²) in [7, 11) is 1.84. The molecule has 1 N–H and O–H groups in total. The Balaban J connectivity index is 2.21. The Hall–Kier alpha value is -1.58.